The molecular formula is C12H12N4. The number of imidazole rings is 1. The number of hydrogen-bond acceptors (Lipinski definition) is 2. The lowest BCUT2D eigenvalue weighted by molar-refractivity contribution is 0.669. The molecule has 80 valence electrons. The molecular weight excluding hydrogens is 200 g/mol. The molecule has 0 aromatic carbocycles. The summed E-state index contributed by atoms with van der Waals surface area (Å²) < 4.78 is 3.92. The summed E-state index contributed by atoms with van der Waals surface area (Å²) in [7, 11) is 0. The summed E-state index contributed by atoms with van der Waals surface area (Å²) >= 11 is 0. The largest absolute Gasteiger partial charge is 0.307 e. The lowest BCUT2D eigenvalue weighted by atomic mass is 10.5. The molecule has 0 radical (unpaired) electrons. The van der Waals surface area contributed by atoms with Gasteiger partial charge < -0.3 is 4.40 Å². The minimum atomic E-state index is 0.718. The molecule has 3 aromatic rings. The highest BCUT2D eigenvalue weighted by molar-refractivity contribution is 5.39. The van der Waals surface area contributed by atoms with Gasteiger partial charge in [0.05, 0.1) is 17.9 Å². The Morgan fingerprint density at radius 3 is 2.88 bits per heavy atom. The molecule has 0 bridgehead atoms. The van der Waals surface area contributed by atoms with Crippen molar-refractivity contribution in [3.8, 4) is 0 Å². The zero-order valence-corrected chi connectivity index (χ0v) is 9.04. The molecule has 16 heavy (non-hydrogen) atoms. The highest BCUT2D eigenvalue weighted by Gasteiger charge is 2.02. The molecule has 0 spiro atoms. The van der Waals surface area contributed by atoms with E-state index in [1.165, 1.54) is 0 Å². The van der Waals surface area contributed by atoms with E-state index in [-0.39, 0.29) is 0 Å². The summed E-state index contributed by atoms with van der Waals surface area (Å²) in [4.78, 5) is 4.52. The Morgan fingerprint density at radius 2 is 2.12 bits per heavy atom. The Bertz CT molecular complexity index is 588. The van der Waals surface area contributed by atoms with Crippen LogP contribution >= 0.6 is 0 Å². The molecule has 3 rings (SSSR count). The maximum atomic E-state index is 4.52. The van der Waals surface area contributed by atoms with Gasteiger partial charge in [0.2, 0.25) is 0 Å². The van der Waals surface area contributed by atoms with E-state index < -0.39 is 0 Å². The Morgan fingerprint density at radius 1 is 1.19 bits per heavy atom. The second-order valence-electron chi connectivity index (χ2n) is 3.85. The van der Waals surface area contributed by atoms with E-state index in [0.29, 0.717) is 0 Å². The van der Waals surface area contributed by atoms with Crippen molar-refractivity contribution in [3.05, 3.63) is 54.2 Å². The van der Waals surface area contributed by atoms with Crippen molar-refractivity contribution in [1.82, 2.24) is 19.2 Å². The molecule has 0 atom stereocenters. The van der Waals surface area contributed by atoms with Crippen molar-refractivity contribution < 1.29 is 0 Å². The summed E-state index contributed by atoms with van der Waals surface area (Å²) in [6.45, 7) is 2.70. The van der Waals surface area contributed by atoms with Gasteiger partial charge in [-0.2, -0.15) is 5.10 Å². The van der Waals surface area contributed by atoms with Crippen LogP contribution in [0, 0.1) is 6.92 Å². The maximum absolute atomic E-state index is 4.52. The zero-order valence-electron chi connectivity index (χ0n) is 9.04. The molecule has 4 nitrogen and oxygen atoms in total. The van der Waals surface area contributed by atoms with E-state index >= 15 is 0 Å². The number of aromatic nitrogens is 4. The summed E-state index contributed by atoms with van der Waals surface area (Å²) in [5, 5.41) is 4.34. The normalized spacial score (nSPS) is 11.1. The fourth-order valence-corrected chi connectivity index (χ4v) is 1.78. The van der Waals surface area contributed by atoms with Crippen molar-refractivity contribution in [2.24, 2.45) is 0 Å². The van der Waals surface area contributed by atoms with Gasteiger partial charge in [-0.1, -0.05) is 6.07 Å². The lowest BCUT2D eigenvalue weighted by Crippen LogP contribution is -2.00. The quantitative estimate of drug-likeness (QED) is 0.650. The molecule has 0 saturated heterocycles. The predicted molar refractivity (Wildman–Crippen MR) is 61.3 cm³/mol. The van der Waals surface area contributed by atoms with Crippen LogP contribution in [-0.4, -0.2) is 19.2 Å². The van der Waals surface area contributed by atoms with E-state index in [4.69, 9.17) is 0 Å². The Balaban J connectivity index is 1.95. The highest BCUT2D eigenvalue weighted by Crippen LogP contribution is 2.06. The maximum Gasteiger partial charge on any atom is 0.137 e. The van der Waals surface area contributed by atoms with Crippen LogP contribution in [-0.2, 0) is 6.54 Å². The first-order chi connectivity index (χ1) is 7.81. The predicted octanol–water partition coefficient (Wildman–Crippen LogP) is 1.89. The van der Waals surface area contributed by atoms with Crippen molar-refractivity contribution in [1.29, 1.82) is 0 Å². The third-order valence-electron chi connectivity index (χ3n) is 2.51. The molecule has 0 saturated carbocycles. The van der Waals surface area contributed by atoms with Crippen LogP contribution in [0.3, 0.4) is 0 Å². The van der Waals surface area contributed by atoms with E-state index in [0.717, 1.165) is 23.6 Å². The number of nitrogens with zero attached hydrogens (tertiary/aromatic N) is 4. The van der Waals surface area contributed by atoms with Crippen LogP contribution < -0.4 is 0 Å². The van der Waals surface area contributed by atoms with Gasteiger partial charge in [-0.25, -0.2) is 4.98 Å². The number of rotatable bonds is 2. The van der Waals surface area contributed by atoms with Crippen molar-refractivity contribution in [2.45, 2.75) is 13.5 Å². The van der Waals surface area contributed by atoms with Gasteiger partial charge in [0, 0.05) is 18.6 Å². The first-order valence-corrected chi connectivity index (χ1v) is 5.24. The number of hydrogen-bond donors (Lipinski definition) is 0. The molecule has 4 heteroatoms. The average molecular weight is 212 g/mol. The molecule has 3 heterocycles. The van der Waals surface area contributed by atoms with Crippen molar-refractivity contribution in [3.63, 3.8) is 0 Å². The topological polar surface area (TPSA) is 35.1 Å². The van der Waals surface area contributed by atoms with Gasteiger partial charge >= 0.3 is 0 Å². The minimum Gasteiger partial charge on any atom is -0.307 e. The van der Waals surface area contributed by atoms with Gasteiger partial charge in [-0.15, -0.1) is 0 Å². The fourth-order valence-electron chi connectivity index (χ4n) is 1.78. The molecule has 0 aliphatic rings. The second-order valence-corrected chi connectivity index (χ2v) is 3.85. The number of aryl methyl sites for hydroxylation is 1. The van der Waals surface area contributed by atoms with Crippen LogP contribution in [0.4, 0.5) is 0 Å². The second kappa shape index (κ2) is 3.48. The van der Waals surface area contributed by atoms with Gasteiger partial charge in [0.1, 0.15) is 5.65 Å². The number of pyridine rings is 1. The van der Waals surface area contributed by atoms with E-state index in [1.807, 2.05) is 58.9 Å². The standard InChI is InChI=1S/C12H12N4/c1-10-5-7-16(14-10)9-11-8-15-6-3-2-4-12(15)13-11/h2-8H,9H2,1H3. The third-order valence-corrected chi connectivity index (χ3v) is 2.51. The summed E-state index contributed by atoms with van der Waals surface area (Å²) in [5.41, 5.74) is 3.03. The average Bonchev–Trinajstić information content (AvgIpc) is 2.84. The third kappa shape index (κ3) is 1.58. The molecule has 3 aromatic heterocycles. The first-order valence-electron chi connectivity index (χ1n) is 5.24. The minimum absolute atomic E-state index is 0.718. The first kappa shape index (κ1) is 9.15. The summed E-state index contributed by atoms with van der Waals surface area (Å²) in [6.07, 6.45) is 6.01. The Kier molecular flexibility index (Phi) is 1.99. The molecule has 0 aliphatic heterocycles. The number of fused-ring (bicyclic) bond motifs is 1. The van der Waals surface area contributed by atoms with Gasteiger partial charge in [0.15, 0.2) is 0 Å². The van der Waals surface area contributed by atoms with Gasteiger partial charge in [-0.05, 0) is 25.1 Å². The van der Waals surface area contributed by atoms with Crippen LogP contribution in [0.2, 0.25) is 0 Å². The monoisotopic (exact) mass is 212 g/mol. The highest BCUT2D eigenvalue weighted by atomic mass is 15.3. The smallest absolute Gasteiger partial charge is 0.137 e. The molecule has 0 fully saturated rings. The molecule has 0 amide bonds. The van der Waals surface area contributed by atoms with Crippen LogP contribution in [0.25, 0.3) is 5.65 Å². The zero-order chi connectivity index (χ0) is 11.0. The van der Waals surface area contributed by atoms with Gasteiger partial charge in [-0.3, -0.25) is 4.68 Å². The SMILES string of the molecule is Cc1ccn(Cc2cn3ccccc3n2)n1. The van der Waals surface area contributed by atoms with Crippen LogP contribution in [0.15, 0.2) is 42.9 Å². The van der Waals surface area contributed by atoms with E-state index in [1.54, 1.807) is 0 Å². The van der Waals surface area contributed by atoms with Crippen molar-refractivity contribution >= 4 is 5.65 Å². The Hall–Kier alpha value is -2.10. The van der Waals surface area contributed by atoms with E-state index in [9.17, 15) is 0 Å². The fraction of sp³-hybridized carbons (Fsp3) is 0.167. The molecule has 0 unspecified atom stereocenters. The van der Waals surface area contributed by atoms with Crippen LogP contribution in [0.1, 0.15) is 11.4 Å². The summed E-state index contributed by atoms with van der Waals surface area (Å²) in [5.74, 6) is 0. The molecule has 0 aliphatic carbocycles. The Labute approximate surface area is 93.2 Å². The van der Waals surface area contributed by atoms with Gasteiger partial charge in [0.25, 0.3) is 0 Å². The molecule has 0 N–H and O–H groups in total. The summed E-state index contributed by atoms with van der Waals surface area (Å²) in [6, 6.07) is 7.98. The lowest BCUT2D eigenvalue weighted by Gasteiger charge is -1.95. The van der Waals surface area contributed by atoms with E-state index in [2.05, 4.69) is 10.1 Å². The van der Waals surface area contributed by atoms with Crippen LogP contribution in [0.5, 0.6) is 0 Å². The van der Waals surface area contributed by atoms with Crippen molar-refractivity contribution in [2.75, 3.05) is 0 Å².